The van der Waals surface area contributed by atoms with E-state index in [1.165, 1.54) is 6.21 Å². The topological polar surface area (TPSA) is 26.1 Å². The summed E-state index contributed by atoms with van der Waals surface area (Å²) >= 11 is 5.75. The van der Waals surface area contributed by atoms with Crippen LogP contribution >= 0.6 is 11.6 Å². The summed E-state index contributed by atoms with van der Waals surface area (Å²) in [5.41, 5.74) is 1.43. The minimum atomic E-state index is 0.563. The Hall–Kier alpha value is -1.80. The Morgan fingerprint density at radius 3 is 2.19 bits per heavy atom. The van der Waals surface area contributed by atoms with Gasteiger partial charge >= 0.3 is 0 Å². The molecule has 0 spiro atoms. The first-order valence-corrected chi connectivity index (χ1v) is 5.25. The smallest absolute Gasteiger partial charge is 0.216 e. The van der Waals surface area contributed by atoms with Crippen LogP contribution in [0.4, 0.5) is 5.69 Å². The Morgan fingerprint density at radius 1 is 0.938 bits per heavy atom. The minimum Gasteiger partial charge on any atom is -0.618 e. The van der Waals surface area contributed by atoms with Crippen molar-refractivity contribution in [1.82, 2.24) is 0 Å². The van der Waals surface area contributed by atoms with Crippen LogP contribution in [0.1, 0.15) is 5.56 Å². The van der Waals surface area contributed by atoms with Crippen molar-refractivity contribution in [3.63, 3.8) is 0 Å². The first-order chi connectivity index (χ1) is 7.75. The van der Waals surface area contributed by atoms with Crippen LogP contribution in [0.15, 0.2) is 54.6 Å². The third-order valence-electron chi connectivity index (χ3n) is 2.15. The van der Waals surface area contributed by atoms with Crippen LogP contribution in [0.25, 0.3) is 0 Å². The third-order valence-corrected chi connectivity index (χ3v) is 2.40. The molecule has 0 saturated carbocycles. The lowest BCUT2D eigenvalue weighted by atomic mass is 10.2. The van der Waals surface area contributed by atoms with Gasteiger partial charge in [0.25, 0.3) is 0 Å². The Kier molecular flexibility index (Phi) is 3.22. The van der Waals surface area contributed by atoms with Gasteiger partial charge in [0, 0.05) is 22.7 Å². The van der Waals surface area contributed by atoms with Gasteiger partial charge in [-0.1, -0.05) is 29.8 Å². The van der Waals surface area contributed by atoms with Crippen LogP contribution in [-0.4, -0.2) is 11.0 Å². The Labute approximate surface area is 99.0 Å². The number of halogens is 1. The molecule has 0 bridgehead atoms. The van der Waals surface area contributed by atoms with Gasteiger partial charge in [-0.15, -0.1) is 0 Å². The summed E-state index contributed by atoms with van der Waals surface area (Å²) in [6.07, 6.45) is 1.53. The molecule has 0 radical (unpaired) electrons. The molecule has 0 N–H and O–H groups in total. The first kappa shape index (κ1) is 10.7. The maximum Gasteiger partial charge on any atom is 0.216 e. The van der Waals surface area contributed by atoms with Gasteiger partial charge in [0.15, 0.2) is 6.21 Å². The summed E-state index contributed by atoms with van der Waals surface area (Å²) in [5, 5.41) is 12.4. The van der Waals surface area contributed by atoms with E-state index >= 15 is 0 Å². The molecule has 2 aromatic rings. The highest BCUT2D eigenvalue weighted by atomic mass is 35.5. The van der Waals surface area contributed by atoms with Crippen molar-refractivity contribution in [3.8, 4) is 0 Å². The number of hydrogen-bond acceptors (Lipinski definition) is 1. The van der Waals surface area contributed by atoms with E-state index < -0.39 is 0 Å². The van der Waals surface area contributed by atoms with Gasteiger partial charge in [0.2, 0.25) is 5.69 Å². The molecule has 2 aromatic carbocycles. The van der Waals surface area contributed by atoms with Crippen molar-refractivity contribution in [2.24, 2.45) is 0 Å². The molecule has 2 rings (SSSR count). The summed E-state index contributed by atoms with van der Waals surface area (Å²) in [6.45, 7) is 0. The van der Waals surface area contributed by atoms with Crippen molar-refractivity contribution in [1.29, 1.82) is 0 Å². The predicted molar refractivity (Wildman–Crippen MR) is 66.3 cm³/mol. The molecule has 2 nitrogen and oxygen atoms in total. The third kappa shape index (κ3) is 2.61. The fraction of sp³-hybridized carbons (Fsp3) is 0. The number of nitrogens with zero attached hydrogens (tertiary/aromatic N) is 1. The average Bonchev–Trinajstić information content (AvgIpc) is 2.31. The van der Waals surface area contributed by atoms with Crippen molar-refractivity contribution in [2.45, 2.75) is 0 Å². The maximum atomic E-state index is 11.7. The molecule has 0 aromatic heterocycles. The Morgan fingerprint density at radius 2 is 1.56 bits per heavy atom. The Bertz CT molecular complexity index is 491. The van der Waals surface area contributed by atoms with Gasteiger partial charge in [-0.3, -0.25) is 0 Å². The molecule has 0 aliphatic heterocycles. The van der Waals surface area contributed by atoms with E-state index in [4.69, 9.17) is 11.6 Å². The summed E-state index contributed by atoms with van der Waals surface area (Å²) in [7, 11) is 0. The summed E-state index contributed by atoms with van der Waals surface area (Å²) < 4.78 is 0.825. The molecular formula is C13H10ClNO. The van der Waals surface area contributed by atoms with Crippen molar-refractivity contribution in [2.75, 3.05) is 0 Å². The van der Waals surface area contributed by atoms with Gasteiger partial charge in [-0.25, -0.2) is 0 Å². The maximum absolute atomic E-state index is 11.7. The van der Waals surface area contributed by atoms with Gasteiger partial charge < -0.3 is 5.21 Å². The summed E-state index contributed by atoms with van der Waals surface area (Å²) in [6, 6.07) is 16.2. The lowest BCUT2D eigenvalue weighted by Crippen LogP contribution is -1.98. The first-order valence-electron chi connectivity index (χ1n) is 4.87. The van der Waals surface area contributed by atoms with Gasteiger partial charge in [0.1, 0.15) is 0 Å². The second kappa shape index (κ2) is 4.81. The molecule has 16 heavy (non-hydrogen) atoms. The highest BCUT2D eigenvalue weighted by molar-refractivity contribution is 6.30. The fourth-order valence-corrected chi connectivity index (χ4v) is 1.46. The normalized spacial score (nSPS) is 11.4. The van der Waals surface area contributed by atoms with Crippen LogP contribution in [0, 0.1) is 5.21 Å². The zero-order valence-electron chi connectivity index (χ0n) is 8.51. The lowest BCUT2D eigenvalue weighted by Gasteiger charge is -2.02. The molecule has 0 atom stereocenters. The quantitative estimate of drug-likeness (QED) is 0.336. The number of rotatable bonds is 2. The van der Waals surface area contributed by atoms with Gasteiger partial charge in [-0.2, -0.15) is 4.74 Å². The fourth-order valence-electron chi connectivity index (χ4n) is 1.34. The largest absolute Gasteiger partial charge is 0.618 e. The van der Waals surface area contributed by atoms with E-state index in [9.17, 15) is 5.21 Å². The standard InChI is InChI=1S/C13H10ClNO/c14-12-6-8-13(9-7-12)15(16)10-11-4-2-1-3-5-11/h1-10H. The molecule has 80 valence electrons. The highest BCUT2D eigenvalue weighted by Gasteiger charge is 2.00. The lowest BCUT2D eigenvalue weighted by molar-refractivity contribution is -0.354. The molecule has 0 heterocycles. The van der Waals surface area contributed by atoms with Gasteiger partial charge in [-0.05, 0) is 24.3 Å². The Balaban J connectivity index is 2.28. The van der Waals surface area contributed by atoms with Crippen molar-refractivity contribution < 1.29 is 4.74 Å². The monoisotopic (exact) mass is 231 g/mol. The molecule has 0 saturated heterocycles. The average molecular weight is 232 g/mol. The van der Waals surface area contributed by atoms with E-state index in [0.29, 0.717) is 10.7 Å². The van der Waals surface area contributed by atoms with E-state index in [0.717, 1.165) is 10.3 Å². The van der Waals surface area contributed by atoms with Crippen molar-refractivity contribution >= 4 is 23.5 Å². The van der Waals surface area contributed by atoms with E-state index in [1.54, 1.807) is 24.3 Å². The van der Waals surface area contributed by atoms with E-state index in [2.05, 4.69) is 0 Å². The zero-order chi connectivity index (χ0) is 11.4. The van der Waals surface area contributed by atoms with Crippen LogP contribution in [0.2, 0.25) is 5.02 Å². The molecule has 0 unspecified atom stereocenters. The molecule has 3 heteroatoms. The second-order valence-electron chi connectivity index (χ2n) is 3.34. The molecule has 0 aliphatic carbocycles. The molecule has 0 aliphatic rings. The van der Waals surface area contributed by atoms with Crippen LogP contribution < -0.4 is 0 Å². The van der Waals surface area contributed by atoms with E-state index in [1.807, 2.05) is 30.3 Å². The molecule has 0 fully saturated rings. The molecule has 0 amide bonds. The summed E-state index contributed by atoms with van der Waals surface area (Å²) in [4.78, 5) is 0. The second-order valence-corrected chi connectivity index (χ2v) is 3.78. The highest BCUT2D eigenvalue weighted by Crippen LogP contribution is 2.15. The minimum absolute atomic E-state index is 0.563. The van der Waals surface area contributed by atoms with Crippen LogP contribution in [0.5, 0.6) is 0 Å². The van der Waals surface area contributed by atoms with E-state index in [-0.39, 0.29) is 0 Å². The summed E-state index contributed by atoms with van der Waals surface area (Å²) in [5.74, 6) is 0. The zero-order valence-corrected chi connectivity index (χ0v) is 9.26. The number of hydrogen-bond donors (Lipinski definition) is 0. The van der Waals surface area contributed by atoms with Gasteiger partial charge in [0.05, 0.1) is 0 Å². The SMILES string of the molecule is [O-][N+](=Cc1ccccc1)c1ccc(Cl)cc1. The predicted octanol–water partition coefficient (Wildman–Crippen LogP) is 3.60. The molecular weight excluding hydrogens is 222 g/mol. The number of benzene rings is 2. The van der Waals surface area contributed by atoms with Crippen LogP contribution in [-0.2, 0) is 0 Å². The van der Waals surface area contributed by atoms with Crippen LogP contribution in [0.3, 0.4) is 0 Å². The van der Waals surface area contributed by atoms with Crippen molar-refractivity contribution in [3.05, 3.63) is 70.4 Å².